The highest BCUT2D eigenvalue weighted by atomic mass is 32.2. The third kappa shape index (κ3) is 5.01. The number of fused-ring (bicyclic) bond motifs is 1. The third-order valence-corrected chi connectivity index (χ3v) is 6.58. The number of hydrogen-bond donors (Lipinski definition) is 2. The van der Waals surface area contributed by atoms with Gasteiger partial charge in [0.15, 0.2) is 5.16 Å². The molecule has 0 aliphatic heterocycles. The second kappa shape index (κ2) is 10.5. The summed E-state index contributed by atoms with van der Waals surface area (Å²) in [4.78, 5) is 20.5. The summed E-state index contributed by atoms with van der Waals surface area (Å²) in [6, 6.07) is 24.5. The number of aromatic nitrogens is 2. The van der Waals surface area contributed by atoms with E-state index in [-0.39, 0.29) is 23.1 Å². The highest BCUT2D eigenvalue weighted by molar-refractivity contribution is 7.99. The van der Waals surface area contributed by atoms with Crippen molar-refractivity contribution in [3.63, 3.8) is 0 Å². The number of rotatable bonds is 8. The minimum Gasteiger partial charge on any atom is -0.497 e. The Morgan fingerprint density at radius 1 is 1.00 bits per heavy atom. The number of aromatic amines is 1. The number of nitrogens with zero attached hydrogens (tertiary/aromatic N) is 2. The molecule has 0 saturated heterocycles. The average Bonchev–Trinajstić information content (AvgIpc) is 3.53. The molecule has 0 fully saturated rings. The fourth-order valence-electron chi connectivity index (χ4n) is 3.90. The van der Waals surface area contributed by atoms with Crippen LogP contribution in [0, 0.1) is 11.3 Å². The maximum absolute atomic E-state index is 12.9. The Balaban J connectivity index is 1.45. The van der Waals surface area contributed by atoms with Gasteiger partial charge in [0, 0.05) is 11.1 Å². The Morgan fingerprint density at radius 2 is 1.65 bits per heavy atom. The normalized spacial score (nSPS) is 10.7. The second-order valence-corrected chi connectivity index (χ2v) is 8.94. The number of amides is 1. The van der Waals surface area contributed by atoms with Crippen molar-refractivity contribution in [1.82, 2.24) is 9.97 Å². The smallest absolute Gasteiger partial charge is 0.237 e. The van der Waals surface area contributed by atoms with Gasteiger partial charge in [-0.3, -0.25) is 10.1 Å². The molecule has 0 aliphatic carbocycles. The lowest BCUT2D eigenvalue weighted by Crippen LogP contribution is -2.14. The van der Waals surface area contributed by atoms with E-state index in [1.54, 1.807) is 14.2 Å². The molecule has 0 saturated carbocycles. The zero-order valence-electron chi connectivity index (χ0n) is 20.1. The van der Waals surface area contributed by atoms with Crippen molar-refractivity contribution in [3.05, 3.63) is 78.4 Å². The van der Waals surface area contributed by atoms with Gasteiger partial charge >= 0.3 is 0 Å². The number of thioether (sulfide) groups is 1. The number of anilines is 1. The number of H-pyrrole nitrogens is 1. The number of hydrogen-bond acceptors (Lipinski definition) is 7. The van der Waals surface area contributed by atoms with Gasteiger partial charge in [0.1, 0.15) is 28.9 Å². The standard InChI is InChI=1S/C28H22N4O4S/c1-34-19-11-7-17(8-12-19)25-21(15-29)27(36-26(25)18-9-13-20(35-2)14-10-18)32-24(33)16-37-28-30-22-5-3-4-6-23(22)31-28/h3-14H,16H2,1-2H3,(H,30,31)(H,32,33). The molecule has 37 heavy (non-hydrogen) atoms. The lowest BCUT2D eigenvalue weighted by atomic mass is 9.98. The summed E-state index contributed by atoms with van der Waals surface area (Å²) in [7, 11) is 3.18. The molecule has 2 N–H and O–H groups in total. The lowest BCUT2D eigenvalue weighted by Gasteiger charge is -2.06. The molecule has 1 amide bonds. The van der Waals surface area contributed by atoms with Crippen LogP contribution in [0.25, 0.3) is 33.5 Å². The molecule has 8 nitrogen and oxygen atoms in total. The lowest BCUT2D eigenvalue weighted by molar-refractivity contribution is -0.113. The first-order chi connectivity index (χ1) is 18.1. The summed E-state index contributed by atoms with van der Waals surface area (Å²) in [6.07, 6.45) is 0. The Hall–Kier alpha value is -4.68. The molecular formula is C28H22N4O4S. The molecule has 0 spiro atoms. The summed E-state index contributed by atoms with van der Waals surface area (Å²) in [5.41, 5.74) is 4.03. The van der Waals surface area contributed by atoms with E-state index < -0.39 is 0 Å². The number of imidazole rings is 1. The largest absolute Gasteiger partial charge is 0.497 e. The van der Waals surface area contributed by atoms with E-state index >= 15 is 0 Å². The minimum atomic E-state index is -0.321. The first-order valence-electron chi connectivity index (χ1n) is 11.3. The van der Waals surface area contributed by atoms with E-state index in [4.69, 9.17) is 13.9 Å². The zero-order valence-corrected chi connectivity index (χ0v) is 20.9. The highest BCUT2D eigenvalue weighted by Crippen LogP contribution is 2.42. The van der Waals surface area contributed by atoms with Crippen LogP contribution in [-0.2, 0) is 4.79 Å². The molecule has 5 aromatic rings. The Kier molecular flexibility index (Phi) is 6.83. The monoisotopic (exact) mass is 510 g/mol. The fourth-order valence-corrected chi connectivity index (χ4v) is 4.58. The van der Waals surface area contributed by atoms with Crippen molar-refractivity contribution in [2.24, 2.45) is 0 Å². The number of carbonyl (C=O) groups excluding carboxylic acids is 1. The number of furan rings is 1. The third-order valence-electron chi connectivity index (χ3n) is 5.71. The number of benzene rings is 3. The van der Waals surface area contributed by atoms with Crippen LogP contribution in [0.1, 0.15) is 5.56 Å². The van der Waals surface area contributed by atoms with Crippen LogP contribution in [0.2, 0.25) is 0 Å². The summed E-state index contributed by atoms with van der Waals surface area (Å²) in [5.74, 6) is 1.70. The van der Waals surface area contributed by atoms with Gasteiger partial charge in [0.25, 0.3) is 0 Å². The van der Waals surface area contributed by atoms with Crippen LogP contribution < -0.4 is 14.8 Å². The van der Waals surface area contributed by atoms with Crippen LogP contribution in [-0.4, -0.2) is 35.8 Å². The molecule has 0 atom stereocenters. The predicted octanol–water partition coefficient (Wildman–Crippen LogP) is 6.11. The minimum absolute atomic E-state index is 0.0845. The molecule has 3 aromatic carbocycles. The number of nitriles is 1. The molecule has 0 aliphatic rings. The van der Waals surface area contributed by atoms with Crippen molar-refractivity contribution in [2.45, 2.75) is 5.16 Å². The van der Waals surface area contributed by atoms with E-state index in [2.05, 4.69) is 21.4 Å². The Bertz CT molecular complexity index is 1570. The number of methoxy groups -OCH3 is 2. The molecule has 2 heterocycles. The molecule has 184 valence electrons. The summed E-state index contributed by atoms with van der Waals surface area (Å²) >= 11 is 1.27. The maximum Gasteiger partial charge on any atom is 0.237 e. The van der Waals surface area contributed by atoms with Crippen LogP contribution in [0.4, 0.5) is 5.88 Å². The van der Waals surface area contributed by atoms with Gasteiger partial charge in [0.2, 0.25) is 11.8 Å². The van der Waals surface area contributed by atoms with Crippen molar-refractivity contribution < 1.29 is 18.7 Å². The van der Waals surface area contributed by atoms with Crippen LogP contribution in [0.5, 0.6) is 11.5 Å². The van der Waals surface area contributed by atoms with Gasteiger partial charge in [0.05, 0.1) is 31.0 Å². The van der Waals surface area contributed by atoms with Gasteiger partial charge in [-0.25, -0.2) is 4.98 Å². The molecule has 2 aromatic heterocycles. The number of para-hydroxylation sites is 2. The van der Waals surface area contributed by atoms with Gasteiger partial charge in [-0.1, -0.05) is 36.0 Å². The predicted molar refractivity (Wildman–Crippen MR) is 143 cm³/mol. The van der Waals surface area contributed by atoms with Crippen LogP contribution in [0.15, 0.2) is 82.4 Å². The molecule has 0 radical (unpaired) electrons. The second-order valence-electron chi connectivity index (χ2n) is 7.98. The molecule has 5 rings (SSSR count). The molecule has 0 bridgehead atoms. The quantitative estimate of drug-likeness (QED) is 0.242. The van der Waals surface area contributed by atoms with Gasteiger partial charge in [-0.05, 0) is 54.1 Å². The van der Waals surface area contributed by atoms with E-state index in [1.807, 2.05) is 72.8 Å². The van der Waals surface area contributed by atoms with Crippen molar-refractivity contribution >= 4 is 34.6 Å². The van der Waals surface area contributed by atoms with Gasteiger partial charge < -0.3 is 18.9 Å². The van der Waals surface area contributed by atoms with Crippen molar-refractivity contribution in [2.75, 3.05) is 25.3 Å². The number of ether oxygens (including phenoxy) is 2. The average molecular weight is 511 g/mol. The molecular weight excluding hydrogens is 488 g/mol. The Morgan fingerprint density at radius 3 is 2.27 bits per heavy atom. The number of nitrogens with one attached hydrogen (secondary N) is 2. The maximum atomic E-state index is 12.9. The van der Waals surface area contributed by atoms with E-state index in [9.17, 15) is 10.1 Å². The summed E-state index contributed by atoms with van der Waals surface area (Å²) in [6.45, 7) is 0. The van der Waals surface area contributed by atoms with Gasteiger partial charge in [-0.2, -0.15) is 5.26 Å². The van der Waals surface area contributed by atoms with Crippen LogP contribution in [0.3, 0.4) is 0 Å². The van der Waals surface area contributed by atoms with Crippen molar-refractivity contribution in [1.29, 1.82) is 5.26 Å². The first-order valence-corrected chi connectivity index (χ1v) is 12.3. The van der Waals surface area contributed by atoms with E-state index in [0.29, 0.717) is 28.0 Å². The molecule has 9 heteroatoms. The molecule has 0 unspecified atom stereocenters. The van der Waals surface area contributed by atoms with Crippen molar-refractivity contribution in [3.8, 4) is 40.0 Å². The fraction of sp³-hybridized carbons (Fsp3) is 0.107. The zero-order chi connectivity index (χ0) is 25.8. The summed E-state index contributed by atoms with van der Waals surface area (Å²) in [5, 5.41) is 13.5. The first kappa shape index (κ1) is 24.0. The Labute approximate surface area is 217 Å². The van der Waals surface area contributed by atoms with Crippen LogP contribution >= 0.6 is 11.8 Å². The highest BCUT2D eigenvalue weighted by Gasteiger charge is 2.24. The topological polar surface area (TPSA) is 113 Å². The number of carbonyl (C=O) groups is 1. The SMILES string of the molecule is COc1ccc(-c2oc(NC(=O)CSc3nc4ccccc4[nH]3)c(C#N)c2-c2ccc(OC)cc2)cc1. The van der Waals surface area contributed by atoms with E-state index in [1.165, 1.54) is 11.8 Å². The van der Waals surface area contributed by atoms with Gasteiger partial charge in [-0.15, -0.1) is 0 Å². The summed E-state index contributed by atoms with van der Waals surface area (Å²) < 4.78 is 16.7. The van der Waals surface area contributed by atoms with E-state index in [0.717, 1.165) is 22.2 Å².